The van der Waals surface area contributed by atoms with Crippen molar-refractivity contribution in [1.29, 1.82) is 0 Å². The molecule has 3 nitrogen and oxygen atoms in total. The van der Waals surface area contributed by atoms with E-state index in [1.54, 1.807) is 6.26 Å². The van der Waals surface area contributed by atoms with E-state index in [1.807, 2.05) is 31.2 Å². The molecule has 0 atom stereocenters. The molecule has 0 unspecified atom stereocenters. The van der Waals surface area contributed by atoms with Gasteiger partial charge in [0.15, 0.2) is 11.6 Å². The maximum absolute atomic E-state index is 6.36. The van der Waals surface area contributed by atoms with Gasteiger partial charge in [-0.25, -0.2) is 9.97 Å². The molecule has 4 heteroatoms. The van der Waals surface area contributed by atoms with Crippen molar-refractivity contribution in [3.05, 3.63) is 70.2 Å². The van der Waals surface area contributed by atoms with Gasteiger partial charge >= 0.3 is 0 Å². The number of rotatable bonds is 3. The van der Waals surface area contributed by atoms with Crippen LogP contribution in [0.5, 0.6) is 0 Å². The summed E-state index contributed by atoms with van der Waals surface area (Å²) in [7, 11) is 0. The molecular weight excluding hydrogens is 284 g/mol. The first-order valence-electron chi connectivity index (χ1n) is 6.76. The molecule has 0 radical (unpaired) electrons. The van der Waals surface area contributed by atoms with Gasteiger partial charge in [-0.3, -0.25) is 0 Å². The molecule has 21 heavy (non-hydrogen) atoms. The van der Waals surface area contributed by atoms with Crippen LogP contribution < -0.4 is 0 Å². The van der Waals surface area contributed by atoms with Gasteiger partial charge in [0.1, 0.15) is 5.15 Å². The minimum atomic E-state index is 0.483. The summed E-state index contributed by atoms with van der Waals surface area (Å²) in [4.78, 5) is 8.88. The number of aryl methyl sites for hydroxylation is 2. The van der Waals surface area contributed by atoms with E-state index in [1.165, 1.54) is 11.1 Å². The summed E-state index contributed by atoms with van der Waals surface area (Å²) in [6.07, 6.45) is 2.33. The predicted octanol–water partition coefficient (Wildman–Crippen LogP) is 4.60. The third-order valence-corrected chi connectivity index (χ3v) is 3.85. The number of hydrogen-bond donors (Lipinski definition) is 0. The second-order valence-corrected chi connectivity index (χ2v) is 5.34. The molecule has 0 aliphatic rings. The Kier molecular flexibility index (Phi) is 3.76. The number of nitrogens with zero attached hydrogens (tertiary/aromatic N) is 2. The minimum absolute atomic E-state index is 0.483. The van der Waals surface area contributed by atoms with E-state index in [0.29, 0.717) is 16.7 Å². The van der Waals surface area contributed by atoms with E-state index in [4.69, 9.17) is 16.0 Å². The molecule has 0 spiro atoms. The van der Waals surface area contributed by atoms with Crippen molar-refractivity contribution in [2.45, 2.75) is 20.3 Å². The molecule has 0 aliphatic carbocycles. The standard InChI is InChI=1S/C17H15ClN2O/c1-11-6-3-4-7-13(11)10-14-12(2)19-17(20-16(14)18)15-8-5-9-21-15/h3-9H,10H2,1-2H3. The van der Waals surface area contributed by atoms with Crippen molar-refractivity contribution in [2.75, 3.05) is 0 Å². The second-order valence-electron chi connectivity index (χ2n) is 4.98. The van der Waals surface area contributed by atoms with Gasteiger partial charge in [0.05, 0.1) is 6.26 Å². The van der Waals surface area contributed by atoms with E-state index < -0.39 is 0 Å². The highest BCUT2D eigenvalue weighted by molar-refractivity contribution is 6.30. The molecule has 0 aliphatic heterocycles. The zero-order valence-electron chi connectivity index (χ0n) is 11.9. The molecule has 0 saturated heterocycles. The van der Waals surface area contributed by atoms with Crippen LogP contribution in [0.3, 0.4) is 0 Å². The van der Waals surface area contributed by atoms with Crippen molar-refractivity contribution < 1.29 is 4.42 Å². The lowest BCUT2D eigenvalue weighted by atomic mass is 10.0. The SMILES string of the molecule is Cc1ccccc1Cc1c(C)nc(-c2ccco2)nc1Cl. The first-order chi connectivity index (χ1) is 10.1. The van der Waals surface area contributed by atoms with Gasteiger partial charge in [0.25, 0.3) is 0 Å². The Labute approximate surface area is 128 Å². The van der Waals surface area contributed by atoms with E-state index in [0.717, 1.165) is 17.7 Å². The number of aromatic nitrogens is 2. The molecule has 3 rings (SSSR count). The molecular formula is C17H15ClN2O. The Balaban J connectivity index is 1.99. The van der Waals surface area contributed by atoms with Crippen LogP contribution in [0.1, 0.15) is 22.4 Å². The summed E-state index contributed by atoms with van der Waals surface area (Å²) in [5.74, 6) is 1.15. The van der Waals surface area contributed by atoms with Gasteiger partial charge in [0, 0.05) is 17.7 Å². The van der Waals surface area contributed by atoms with Crippen LogP contribution in [0, 0.1) is 13.8 Å². The first-order valence-corrected chi connectivity index (χ1v) is 7.14. The fourth-order valence-electron chi connectivity index (χ4n) is 2.28. The smallest absolute Gasteiger partial charge is 0.197 e. The second kappa shape index (κ2) is 5.70. The Hall–Kier alpha value is -2.13. The average molecular weight is 299 g/mol. The maximum atomic E-state index is 6.36. The van der Waals surface area contributed by atoms with Gasteiger partial charge in [-0.2, -0.15) is 0 Å². The molecule has 0 bridgehead atoms. The summed E-state index contributed by atoms with van der Waals surface area (Å²) in [6.45, 7) is 4.05. The molecule has 2 heterocycles. The van der Waals surface area contributed by atoms with Crippen molar-refractivity contribution in [3.8, 4) is 11.6 Å². The highest BCUT2D eigenvalue weighted by Gasteiger charge is 2.14. The molecule has 0 saturated carbocycles. The number of furan rings is 1. The van der Waals surface area contributed by atoms with Gasteiger partial charge in [-0.15, -0.1) is 0 Å². The van der Waals surface area contributed by atoms with Crippen LogP contribution in [0.2, 0.25) is 5.15 Å². The van der Waals surface area contributed by atoms with Gasteiger partial charge < -0.3 is 4.42 Å². The molecule has 0 N–H and O–H groups in total. The normalized spacial score (nSPS) is 10.8. The summed E-state index contributed by atoms with van der Waals surface area (Å²) in [6, 6.07) is 11.9. The van der Waals surface area contributed by atoms with Crippen LogP contribution in [0.25, 0.3) is 11.6 Å². The zero-order valence-corrected chi connectivity index (χ0v) is 12.7. The molecule has 0 amide bonds. The quantitative estimate of drug-likeness (QED) is 0.663. The summed E-state index contributed by atoms with van der Waals surface area (Å²) >= 11 is 6.36. The van der Waals surface area contributed by atoms with E-state index >= 15 is 0 Å². The first kappa shape index (κ1) is 13.8. The molecule has 0 fully saturated rings. The van der Waals surface area contributed by atoms with Crippen molar-refractivity contribution in [1.82, 2.24) is 9.97 Å². The number of halogens is 1. The number of hydrogen-bond acceptors (Lipinski definition) is 3. The van der Waals surface area contributed by atoms with Crippen LogP contribution in [0.15, 0.2) is 47.1 Å². The summed E-state index contributed by atoms with van der Waals surface area (Å²) < 4.78 is 5.32. The Morgan fingerprint density at radius 1 is 1.05 bits per heavy atom. The van der Waals surface area contributed by atoms with Crippen molar-refractivity contribution >= 4 is 11.6 Å². The molecule has 3 aromatic rings. The van der Waals surface area contributed by atoms with Crippen LogP contribution in [-0.4, -0.2) is 9.97 Å². The summed E-state index contributed by atoms with van der Waals surface area (Å²) in [5.41, 5.74) is 4.31. The van der Waals surface area contributed by atoms with Crippen LogP contribution >= 0.6 is 11.6 Å². The van der Waals surface area contributed by atoms with E-state index in [9.17, 15) is 0 Å². The highest BCUT2D eigenvalue weighted by atomic mass is 35.5. The minimum Gasteiger partial charge on any atom is -0.461 e. The van der Waals surface area contributed by atoms with Crippen molar-refractivity contribution in [2.24, 2.45) is 0 Å². The highest BCUT2D eigenvalue weighted by Crippen LogP contribution is 2.25. The predicted molar refractivity (Wildman–Crippen MR) is 83.5 cm³/mol. The lowest BCUT2D eigenvalue weighted by Crippen LogP contribution is -2.02. The third-order valence-electron chi connectivity index (χ3n) is 3.53. The zero-order chi connectivity index (χ0) is 14.8. The monoisotopic (exact) mass is 298 g/mol. The van der Waals surface area contributed by atoms with Gasteiger partial charge in [-0.1, -0.05) is 35.9 Å². The maximum Gasteiger partial charge on any atom is 0.197 e. The van der Waals surface area contributed by atoms with Gasteiger partial charge in [0.2, 0.25) is 0 Å². The third kappa shape index (κ3) is 2.83. The molecule has 106 valence electrons. The van der Waals surface area contributed by atoms with Crippen molar-refractivity contribution in [3.63, 3.8) is 0 Å². The van der Waals surface area contributed by atoms with E-state index in [2.05, 4.69) is 29.0 Å². The molecule has 2 aromatic heterocycles. The Bertz CT molecular complexity index is 743. The fraction of sp³-hybridized carbons (Fsp3) is 0.176. The fourth-order valence-corrected chi connectivity index (χ4v) is 2.56. The Morgan fingerprint density at radius 2 is 1.86 bits per heavy atom. The average Bonchev–Trinajstić information content (AvgIpc) is 2.98. The lowest BCUT2D eigenvalue weighted by molar-refractivity contribution is 0.576. The largest absolute Gasteiger partial charge is 0.461 e. The van der Waals surface area contributed by atoms with E-state index in [-0.39, 0.29) is 0 Å². The van der Waals surface area contributed by atoms with Crippen LogP contribution in [-0.2, 0) is 6.42 Å². The molecule has 1 aromatic carbocycles. The van der Waals surface area contributed by atoms with Gasteiger partial charge in [-0.05, 0) is 37.1 Å². The Morgan fingerprint density at radius 3 is 2.52 bits per heavy atom. The number of benzene rings is 1. The summed E-state index contributed by atoms with van der Waals surface area (Å²) in [5, 5.41) is 0.483. The van der Waals surface area contributed by atoms with Crippen LogP contribution in [0.4, 0.5) is 0 Å². The lowest BCUT2D eigenvalue weighted by Gasteiger charge is -2.10. The topological polar surface area (TPSA) is 38.9 Å².